The normalized spacial score (nSPS) is 11.1. The van der Waals surface area contributed by atoms with Crippen LogP contribution >= 0.6 is 0 Å². The number of ether oxygens (including phenoxy) is 2. The Kier molecular flexibility index (Phi) is 4.57. The monoisotopic (exact) mass is 338 g/mol. The Bertz CT molecular complexity index is 839. The van der Waals surface area contributed by atoms with Gasteiger partial charge in [-0.25, -0.2) is 0 Å². The molecule has 0 aliphatic heterocycles. The topological polar surface area (TPSA) is 110 Å². The highest BCUT2D eigenvalue weighted by molar-refractivity contribution is 7.86. The Morgan fingerprint density at radius 1 is 1.04 bits per heavy atom. The third-order valence-corrected chi connectivity index (χ3v) is 4.03. The second-order valence-electron chi connectivity index (χ2n) is 4.55. The van der Waals surface area contributed by atoms with Crippen LogP contribution in [0.15, 0.2) is 41.3 Å². The van der Waals surface area contributed by atoms with Gasteiger partial charge in [0.25, 0.3) is 10.1 Å². The molecule has 23 heavy (non-hydrogen) atoms. The second-order valence-corrected chi connectivity index (χ2v) is 5.94. The van der Waals surface area contributed by atoms with Crippen molar-refractivity contribution in [2.24, 2.45) is 0 Å². The molecular weight excluding hydrogens is 324 g/mol. The van der Waals surface area contributed by atoms with E-state index in [4.69, 9.17) is 9.47 Å². The Labute approximate surface area is 132 Å². The number of aromatic hydroxyl groups is 1. The fraction of sp³-hybridized carbons (Fsp3) is 0.133. The van der Waals surface area contributed by atoms with Crippen molar-refractivity contribution in [3.05, 3.63) is 47.5 Å². The number of methoxy groups -OCH3 is 2. The molecule has 0 aromatic heterocycles. The fourth-order valence-electron chi connectivity index (χ4n) is 1.99. The Morgan fingerprint density at radius 3 is 2.13 bits per heavy atom. The molecule has 0 aliphatic rings. The SMILES string of the molecule is COc1ccc(C(=O)c2cc(S(=O)(=O)O)c(OC)cc2O)cc1. The van der Waals surface area contributed by atoms with E-state index < -0.39 is 26.5 Å². The molecule has 0 atom stereocenters. The van der Waals surface area contributed by atoms with Gasteiger partial charge in [0, 0.05) is 11.6 Å². The molecule has 2 aromatic rings. The summed E-state index contributed by atoms with van der Waals surface area (Å²) < 4.78 is 41.8. The number of hydrogen-bond donors (Lipinski definition) is 2. The minimum absolute atomic E-state index is 0.215. The standard InChI is InChI=1S/C15H14O7S/c1-21-10-5-3-9(4-6-10)15(17)11-7-14(23(18,19)20)13(22-2)8-12(11)16/h3-8,16H,1-2H3,(H,18,19,20). The van der Waals surface area contributed by atoms with E-state index in [1.54, 1.807) is 12.1 Å². The van der Waals surface area contributed by atoms with Crippen molar-refractivity contribution in [2.45, 2.75) is 4.90 Å². The first-order valence-electron chi connectivity index (χ1n) is 6.35. The smallest absolute Gasteiger partial charge is 0.298 e. The van der Waals surface area contributed by atoms with Gasteiger partial charge in [-0.1, -0.05) is 0 Å². The van der Waals surface area contributed by atoms with Crippen LogP contribution in [-0.2, 0) is 10.1 Å². The number of phenols is 1. The summed E-state index contributed by atoms with van der Waals surface area (Å²) in [7, 11) is -1.97. The third kappa shape index (κ3) is 3.43. The van der Waals surface area contributed by atoms with Gasteiger partial charge in [0.05, 0.1) is 19.8 Å². The lowest BCUT2D eigenvalue weighted by atomic mass is 10.0. The summed E-state index contributed by atoms with van der Waals surface area (Å²) in [5, 5.41) is 9.94. The molecule has 0 amide bonds. The molecular formula is C15H14O7S. The summed E-state index contributed by atoms with van der Waals surface area (Å²) in [4.78, 5) is 11.8. The van der Waals surface area contributed by atoms with Crippen LogP contribution in [0.5, 0.6) is 17.2 Å². The number of carbonyl (C=O) groups is 1. The molecule has 122 valence electrons. The maximum Gasteiger partial charge on any atom is 0.298 e. The molecule has 0 aliphatic carbocycles. The van der Waals surface area contributed by atoms with Crippen LogP contribution < -0.4 is 9.47 Å². The molecule has 0 fully saturated rings. The van der Waals surface area contributed by atoms with E-state index in [1.807, 2.05) is 0 Å². The number of hydrogen-bond acceptors (Lipinski definition) is 6. The van der Waals surface area contributed by atoms with Gasteiger partial charge >= 0.3 is 0 Å². The summed E-state index contributed by atoms with van der Waals surface area (Å²) >= 11 is 0. The van der Waals surface area contributed by atoms with E-state index in [-0.39, 0.29) is 16.9 Å². The predicted molar refractivity (Wildman–Crippen MR) is 80.9 cm³/mol. The summed E-state index contributed by atoms with van der Waals surface area (Å²) in [6.07, 6.45) is 0. The average Bonchev–Trinajstić information content (AvgIpc) is 2.52. The molecule has 2 rings (SSSR count). The molecule has 8 heteroatoms. The van der Waals surface area contributed by atoms with Crippen LogP contribution in [0.4, 0.5) is 0 Å². The van der Waals surface area contributed by atoms with Crippen LogP contribution in [0.25, 0.3) is 0 Å². The Balaban J connectivity index is 2.55. The van der Waals surface area contributed by atoms with Crippen molar-refractivity contribution in [1.82, 2.24) is 0 Å². The van der Waals surface area contributed by atoms with E-state index in [0.29, 0.717) is 5.75 Å². The molecule has 0 heterocycles. The third-order valence-electron chi connectivity index (χ3n) is 3.16. The highest BCUT2D eigenvalue weighted by Crippen LogP contribution is 2.32. The van der Waals surface area contributed by atoms with Gasteiger partial charge < -0.3 is 14.6 Å². The Morgan fingerprint density at radius 2 is 1.65 bits per heavy atom. The lowest BCUT2D eigenvalue weighted by molar-refractivity contribution is 0.103. The molecule has 0 saturated carbocycles. The van der Waals surface area contributed by atoms with E-state index >= 15 is 0 Å². The number of benzene rings is 2. The van der Waals surface area contributed by atoms with Crippen LogP contribution in [-0.4, -0.2) is 38.1 Å². The van der Waals surface area contributed by atoms with Crippen molar-refractivity contribution in [1.29, 1.82) is 0 Å². The number of rotatable bonds is 5. The maximum atomic E-state index is 12.4. The first-order chi connectivity index (χ1) is 10.8. The summed E-state index contributed by atoms with van der Waals surface area (Å²) in [5.74, 6) is -0.803. The van der Waals surface area contributed by atoms with E-state index in [9.17, 15) is 22.9 Å². The van der Waals surface area contributed by atoms with Gasteiger partial charge in [-0.2, -0.15) is 8.42 Å². The molecule has 0 saturated heterocycles. The zero-order valence-electron chi connectivity index (χ0n) is 12.3. The van der Waals surface area contributed by atoms with Crippen LogP contribution in [0.2, 0.25) is 0 Å². The molecule has 7 nitrogen and oxygen atoms in total. The fourth-order valence-corrected chi connectivity index (χ4v) is 2.65. The first-order valence-corrected chi connectivity index (χ1v) is 7.79. The maximum absolute atomic E-state index is 12.4. The van der Waals surface area contributed by atoms with Gasteiger partial charge in [0.15, 0.2) is 5.78 Å². The predicted octanol–water partition coefficient (Wildman–Crippen LogP) is 1.89. The number of carbonyl (C=O) groups excluding carboxylic acids is 1. The van der Waals surface area contributed by atoms with Crippen molar-refractivity contribution in [3.63, 3.8) is 0 Å². The molecule has 0 unspecified atom stereocenters. The van der Waals surface area contributed by atoms with Crippen LogP contribution in [0, 0.1) is 0 Å². The molecule has 0 spiro atoms. The van der Waals surface area contributed by atoms with Crippen molar-refractivity contribution in [2.75, 3.05) is 14.2 Å². The summed E-state index contributed by atoms with van der Waals surface area (Å²) in [5.41, 5.74) is -0.0591. The molecule has 0 radical (unpaired) electrons. The Hall–Kier alpha value is -2.58. The summed E-state index contributed by atoms with van der Waals surface area (Å²) in [6.45, 7) is 0. The van der Waals surface area contributed by atoms with Crippen LogP contribution in [0.3, 0.4) is 0 Å². The minimum atomic E-state index is -4.62. The van der Waals surface area contributed by atoms with Crippen molar-refractivity contribution < 1.29 is 32.3 Å². The average molecular weight is 338 g/mol. The zero-order valence-corrected chi connectivity index (χ0v) is 13.1. The highest BCUT2D eigenvalue weighted by Gasteiger charge is 2.23. The number of phenolic OH excluding ortho intramolecular Hbond substituents is 1. The van der Waals surface area contributed by atoms with Crippen LogP contribution in [0.1, 0.15) is 15.9 Å². The van der Waals surface area contributed by atoms with E-state index in [2.05, 4.69) is 0 Å². The largest absolute Gasteiger partial charge is 0.507 e. The lowest BCUT2D eigenvalue weighted by Gasteiger charge is -2.10. The lowest BCUT2D eigenvalue weighted by Crippen LogP contribution is -2.07. The zero-order chi connectivity index (χ0) is 17.2. The second kappa shape index (κ2) is 6.27. The quantitative estimate of drug-likeness (QED) is 0.632. The summed E-state index contributed by atoms with van der Waals surface area (Å²) in [6, 6.07) is 7.88. The van der Waals surface area contributed by atoms with E-state index in [1.165, 1.54) is 26.4 Å². The van der Waals surface area contributed by atoms with Gasteiger partial charge in [0.2, 0.25) is 0 Å². The number of ketones is 1. The first kappa shape index (κ1) is 16.8. The van der Waals surface area contributed by atoms with Gasteiger partial charge in [-0.3, -0.25) is 9.35 Å². The minimum Gasteiger partial charge on any atom is -0.507 e. The molecule has 2 N–H and O–H groups in total. The molecule has 2 aromatic carbocycles. The van der Waals surface area contributed by atoms with Crippen molar-refractivity contribution >= 4 is 15.9 Å². The van der Waals surface area contributed by atoms with E-state index in [0.717, 1.165) is 12.1 Å². The highest BCUT2D eigenvalue weighted by atomic mass is 32.2. The molecule has 0 bridgehead atoms. The van der Waals surface area contributed by atoms with Gasteiger partial charge in [-0.15, -0.1) is 0 Å². The van der Waals surface area contributed by atoms with Crippen molar-refractivity contribution in [3.8, 4) is 17.2 Å². The van der Waals surface area contributed by atoms with Gasteiger partial charge in [0.1, 0.15) is 22.1 Å². The van der Waals surface area contributed by atoms with Gasteiger partial charge in [-0.05, 0) is 30.3 Å².